The number of anilines is 1. The molecule has 21 heavy (non-hydrogen) atoms. The summed E-state index contributed by atoms with van der Waals surface area (Å²) in [5, 5.41) is 0. The van der Waals surface area contributed by atoms with Crippen molar-refractivity contribution in [3.05, 3.63) is 41.5 Å². The van der Waals surface area contributed by atoms with Crippen molar-refractivity contribution in [2.45, 2.75) is 19.8 Å². The third-order valence-corrected chi connectivity index (χ3v) is 3.90. The molecular weight excluding hydrogens is 266 g/mol. The summed E-state index contributed by atoms with van der Waals surface area (Å²) in [5.74, 6) is 0.712. The largest absolute Gasteiger partial charge is 0.369 e. The van der Waals surface area contributed by atoms with Gasteiger partial charge >= 0.3 is 0 Å². The maximum Gasteiger partial charge on any atom is 0.274 e. The van der Waals surface area contributed by atoms with Crippen LogP contribution in [0.3, 0.4) is 0 Å². The molecule has 0 aliphatic carbocycles. The molecule has 2 aromatic rings. The van der Waals surface area contributed by atoms with Gasteiger partial charge in [0.15, 0.2) is 11.6 Å². The van der Waals surface area contributed by atoms with E-state index in [2.05, 4.69) is 15.0 Å². The van der Waals surface area contributed by atoms with E-state index in [1.165, 1.54) is 0 Å². The van der Waals surface area contributed by atoms with Crippen molar-refractivity contribution < 1.29 is 4.79 Å². The van der Waals surface area contributed by atoms with E-state index in [9.17, 15) is 4.79 Å². The molecule has 0 saturated carbocycles. The van der Waals surface area contributed by atoms with Crippen molar-refractivity contribution in [3.8, 4) is 0 Å². The van der Waals surface area contributed by atoms with Gasteiger partial charge in [-0.2, -0.15) is 0 Å². The van der Waals surface area contributed by atoms with Crippen LogP contribution < -0.4 is 5.73 Å². The first kappa shape index (κ1) is 13.6. The highest BCUT2D eigenvalue weighted by Gasteiger charge is 2.29. The van der Waals surface area contributed by atoms with Gasteiger partial charge in [0.2, 0.25) is 0 Å². The van der Waals surface area contributed by atoms with Crippen LogP contribution in [-0.2, 0) is 6.42 Å². The standard InChI is InChI=1S/C15H19N5O/c1-10-13(19-15(16)18-10)14(21)20-7-5-11(9-20)8-12-4-2-3-6-17-12/h2-4,6,11H,5,7-9H2,1H3,(H3,16,18,19). The second kappa shape index (κ2) is 5.55. The third kappa shape index (κ3) is 2.89. The molecule has 3 rings (SSSR count). The fourth-order valence-electron chi connectivity index (χ4n) is 2.84. The van der Waals surface area contributed by atoms with Crippen molar-refractivity contribution >= 4 is 11.9 Å². The van der Waals surface area contributed by atoms with Gasteiger partial charge in [0.25, 0.3) is 5.91 Å². The summed E-state index contributed by atoms with van der Waals surface area (Å²) in [6, 6.07) is 5.94. The average Bonchev–Trinajstić information content (AvgIpc) is 3.06. The van der Waals surface area contributed by atoms with E-state index in [0.29, 0.717) is 17.6 Å². The van der Waals surface area contributed by atoms with Gasteiger partial charge in [-0.1, -0.05) is 6.07 Å². The Morgan fingerprint density at radius 3 is 3.05 bits per heavy atom. The lowest BCUT2D eigenvalue weighted by molar-refractivity contribution is 0.0781. The second-order valence-corrected chi connectivity index (χ2v) is 5.53. The van der Waals surface area contributed by atoms with E-state index in [1.54, 1.807) is 0 Å². The van der Waals surface area contributed by atoms with Crippen LogP contribution in [0.4, 0.5) is 5.95 Å². The highest BCUT2D eigenvalue weighted by Crippen LogP contribution is 2.22. The Bertz CT molecular complexity index is 637. The first-order chi connectivity index (χ1) is 10.1. The number of nitrogen functional groups attached to an aromatic ring is 1. The van der Waals surface area contributed by atoms with Gasteiger partial charge in [0, 0.05) is 30.7 Å². The number of nitrogens with zero attached hydrogens (tertiary/aromatic N) is 3. The molecule has 1 saturated heterocycles. The molecular formula is C15H19N5O. The zero-order valence-electron chi connectivity index (χ0n) is 12.0. The average molecular weight is 285 g/mol. The molecule has 3 N–H and O–H groups in total. The van der Waals surface area contributed by atoms with Crippen molar-refractivity contribution in [1.82, 2.24) is 19.9 Å². The predicted molar refractivity (Wildman–Crippen MR) is 79.7 cm³/mol. The number of likely N-dealkylation sites (tertiary alicyclic amines) is 1. The first-order valence-electron chi connectivity index (χ1n) is 7.14. The van der Waals surface area contributed by atoms with E-state index in [1.807, 2.05) is 36.2 Å². The van der Waals surface area contributed by atoms with Gasteiger partial charge in [-0.3, -0.25) is 9.78 Å². The quantitative estimate of drug-likeness (QED) is 0.892. The Morgan fingerprint density at radius 1 is 1.52 bits per heavy atom. The molecule has 2 aromatic heterocycles. The number of pyridine rings is 1. The zero-order chi connectivity index (χ0) is 14.8. The summed E-state index contributed by atoms with van der Waals surface area (Å²) >= 11 is 0. The van der Waals surface area contributed by atoms with Gasteiger partial charge in [0.05, 0.1) is 0 Å². The van der Waals surface area contributed by atoms with Crippen molar-refractivity contribution in [1.29, 1.82) is 0 Å². The number of carbonyl (C=O) groups excluding carboxylic acids is 1. The van der Waals surface area contributed by atoms with Crippen molar-refractivity contribution in [2.75, 3.05) is 18.8 Å². The number of aryl methyl sites for hydroxylation is 1. The minimum absolute atomic E-state index is 0.0380. The van der Waals surface area contributed by atoms with Crippen LogP contribution in [0, 0.1) is 12.8 Å². The van der Waals surface area contributed by atoms with Crippen LogP contribution in [0.15, 0.2) is 24.4 Å². The van der Waals surface area contributed by atoms with Gasteiger partial charge in [-0.15, -0.1) is 0 Å². The van der Waals surface area contributed by atoms with E-state index < -0.39 is 0 Å². The number of H-pyrrole nitrogens is 1. The number of aromatic nitrogens is 3. The zero-order valence-corrected chi connectivity index (χ0v) is 12.0. The molecule has 1 fully saturated rings. The van der Waals surface area contributed by atoms with Gasteiger partial charge < -0.3 is 15.6 Å². The van der Waals surface area contributed by atoms with Crippen molar-refractivity contribution in [2.24, 2.45) is 5.92 Å². The number of imidazole rings is 1. The summed E-state index contributed by atoms with van der Waals surface area (Å²) in [6.07, 6.45) is 3.72. The topological polar surface area (TPSA) is 87.9 Å². The van der Waals surface area contributed by atoms with E-state index >= 15 is 0 Å². The van der Waals surface area contributed by atoms with Crippen LogP contribution in [0.5, 0.6) is 0 Å². The third-order valence-electron chi connectivity index (χ3n) is 3.90. The Morgan fingerprint density at radius 2 is 2.38 bits per heavy atom. The van der Waals surface area contributed by atoms with Crippen LogP contribution in [0.25, 0.3) is 0 Å². The van der Waals surface area contributed by atoms with Crippen LogP contribution in [0.1, 0.15) is 28.3 Å². The molecule has 6 nitrogen and oxygen atoms in total. The molecule has 1 unspecified atom stereocenters. The summed E-state index contributed by atoms with van der Waals surface area (Å²) < 4.78 is 0. The summed E-state index contributed by atoms with van der Waals surface area (Å²) in [5.41, 5.74) is 7.84. The lowest BCUT2D eigenvalue weighted by Gasteiger charge is -2.15. The fourth-order valence-corrected chi connectivity index (χ4v) is 2.84. The van der Waals surface area contributed by atoms with Crippen LogP contribution in [0.2, 0.25) is 0 Å². The minimum atomic E-state index is -0.0380. The maximum absolute atomic E-state index is 12.5. The molecule has 1 aliphatic rings. The predicted octanol–water partition coefficient (Wildman–Crippen LogP) is 1.40. The Balaban J connectivity index is 1.64. The molecule has 1 aliphatic heterocycles. The molecule has 6 heteroatoms. The first-order valence-corrected chi connectivity index (χ1v) is 7.14. The molecule has 110 valence electrons. The fraction of sp³-hybridized carbons (Fsp3) is 0.400. The van der Waals surface area contributed by atoms with Crippen LogP contribution in [-0.4, -0.2) is 38.8 Å². The Kier molecular flexibility index (Phi) is 3.60. The highest BCUT2D eigenvalue weighted by atomic mass is 16.2. The minimum Gasteiger partial charge on any atom is -0.369 e. The van der Waals surface area contributed by atoms with Gasteiger partial charge in [0.1, 0.15) is 0 Å². The van der Waals surface area contributed by atoms with Crippen LogP contribution >= 0.6 is 0 Å². The maximum atomic E-state index is 12.5. The van der Waals surface area contributed by atoms with Crippen molar-refractivity contribution in [3.63, 3.8) is 0 Å². The smallest absolute Gasteiger partial charge is 0.274 e. The number of aromatic amines is 1. The van der Waals surface area contributed by atoms with Gasteiger partial charge in [-0.05, 0) is 37.8 Å². The Hall–Kier alpha value is -2.37. The normalized spacial score (nSPS) is 18.1. The monoisotopic (exact) mass is 285 g/mol. The number of hydrogen-bond donors (Lipinski definition) is 2. The number of rotatable bonds is 3. The molecule has 0 spiro atoms. The summed E-state index contributed by atoms with van der Waals surface area (Å²) in [6.45, 7) is 3.34. The molecule has 0 radical (unpaired) electrons. The van der Waals surface area contributed by atoms with E-state index in [0.717, 1.165) is 37.3 Å². The molecule has 3 heterocycles. The second-order valence-electron chi connectivity index (χ2n) is 5.53. The Labute approximate surface area is 123 Å². The summed E-state index contributed by atoms with van der Waals surface area (Å²) in [7, 11) is 0. The molecule has 0 aromatic carbocycles. The number of carbonyl (C=O) groups is 1. The number of nitrogens with one attached hydrogen (secondary N) is 1. The molecule has 0 bridgehead atoms. The summed E-state index contributed by atoms with van der Waals surface area (Å²) in [4.78, 5) is 25.6. The van der Waals surface area contributed by atoms with E-state index in [-0.39, 0.29) is 5.91 Å². The number of amides is 1. The SMILES string of the molecule is Cc1[nH]c(N)nc1C(=O)N1CCC(Cc2ccccn2)C1. The van der Waals surface area contributed by atoms with Gasteiger partial charge in [-0.25, -0.2) is 4.98 Å². The number of hydrogen-bond acceptors (Lipinski definition) is 4. The van der Waals surface area contributed by atoms with E-state index in [4.69, 9.17) is 5.73 Å². The highest BCUT2D eigenvalue weighted by molar-refractivity contribution is 5.94. The molecule has 1 amide bonds. The number of nitrogens with two attached hydrogens (primary N) is 1. The molecule has 1 atom stereocenters. The lowest BCUT2D eigenvalue weighted by Crippen LogP contribution is -2.29. The lowest BCUT2D eigenvalue weighted by atomic mass is 10.0.